The summed E-state index contributed by atoms with van der Waals surface area (Å²) in [6, 6.07) is 17.1. The lowest BCUT2D eigenvalue weighted by Gasteiger charge is -2.16. The van der Waals surface area contributed by atoms with Crippen LogP contribution in [0.2, 0.25) is 0 Å². The Morgan fingerprint density at radius 2 is 1.63 bits per heavy atom. The first-order valence-corrected chi connectivity index (χ1v) is 7.39. The zero-order valence-corrected chi connectivity index (χ0v) is 12.9. The Morgan fingerprint density at radius 1 is 1.05 bits per heavy atom. The Kier molecular flexibility index (Phi) is 4.78. The summed E-state index contributed by atoms with van der Waals surface area (Å²) in [4.78, 5) is 11.9. The molecule has 0 aliphatic rings. The summed E-state index contributed by atoms with van der Waals surface area (Å²) in [5.74, 6) is 0.00109. The van der Waals surface area contributed by atoms with Crippen molar-refractivity contribution in [2.45, 2.75) is 17.1 Å². The molecule has 2 aromatic carbocycles. The van der Waals surface area contributed by atoms with Gasteiger partial charge >= 0.3 is 0 Å². The number of carbonyl (C=O) groups excluding carboxylic acids is 1. The molecular weight excluding hydrogens is 324 g/mol. The van der Waals surface area contributed by atoms with Gasteiger partial charge in [-0.3, -0.25) is 4.79 Å². The fraction of sp³-hybridized carbons (Fsp3) is 0.188. The lowest BCUT2D eigenvalue weighted by Crippen LogP contribution is -2.19. The molecule has 0 bridgehead atoms. The smallest absolute Gasteiger partial charge is 0.178 e. The van der Waals surface area contributed by atoms with Crippen LogP contribution in [0.15, 0.2) is 54.6 Å². The van der Waals surface area contributed by atoms with Crippen molar-refractivity contribution in [2.75, 3.05) is 0 Å². The van der Waals surface area contributed by atoms with Crippen LogP contribution in [0.1, 0.15) is 26.9 Å². The molecule has 0 aromatic heterocycles. The minimum Gasteiger partial charge on any atom is -0.293 e. The zero-order valence-electron chi connectivity index (χ0n) is 10.5. The molecule has 0 saturated carbocycles. The fourth-order valence-electron chi connectivity index (χ4n) is 1.81. The molecule has 19 heavy (non-hydrogen) atoms. The maximum Gasteiger partial charge on any atom is 0.178 e. The molecular formula is C16H14BrClO. The molecule has 2 atom stereocenters. The van der Waals surface area contributed by atoms with E-state index >= 15 is 0 Å². The maximum atomic E-state index is 12.3. The molecule has 0 N–H and O–H groups in total. The van der Waals surface area contributed by atoms with Gasteiger partial charge in [-0.2, -0.15) is 0 Å². The Morgan fingerprint density at radius 3 is 2.21 bits per heavy atom. The summed E-state index contributed by atoms with van der Waals surface area (Å²) in [6.07, 6.45) is 0. The van der Waals surface area contributed by atoms with E-state index in [1.165, 1.54) is 5.56 Å². The van der Waals surface area contributed by atoms with Crippen LogP contribution in [0.3, 0.4) is 0 Å². The average molecular weight is 338 g/mol. The number of carbonyl (C=O) groups is 1. The highest BCUT2D eigenvalue weighted by atomic mass is 79.9. The number of aryl methyl sites for hydroxylation is 1. The summed E-state index contributed by atoms with van der Waals surface area (Å²) < 4.78 is 0. The van der Waals surface area contributed by atoms with Crippen LogP contribution in [0.25, 0.3) is 0 Å². The molecule has 2 rings (SSSR count). The third-order valence-corrected chi connectivity index (χ3v) is 4.71. The first kappa shape index (κ1) is 14.3. The van der Waals surface area contributed by atoms with Crippen LogP contribution in [-0.4, -0.2) is 10.6 Å². The molecule has 0 aliphatic carbocycles. The van der Waals surface area contributed by atoms with Crippen molar-refractivity contribution in [3.63, 3.8) is 0 Å². The summed E-state index contributed by atoms with van der Waals surface area (Å²) in [6.45, 7) is 2.02. The second-order valence-corrected chi connectivity index (χ2v) is 5.90. The fourth-order valence-corrected chi connectivity index (χ4v) is 2.64. The standard InChI is InChI=1S/C16H14BrClO/c1-11-7-9-12(10-8-11)15(18)14(17)16(19)13-5-3-2-4-6-13/h2-10,14-15H,1H3/t14-,15+/m1/s1. The van der Waals surface area contributed by atoms with Gasteiger partial charge in [0.1, 0.15) is 0 Å². The number of rotatable bonds is 4. The van der Waals surface area contributed by atoms with Crippen LogP contribution < -0.4 is 0 Å². The van der Waals surface area contributed by atoms with Crippen LogP contribution in [-0.2, 0) is 0 Å². The van der Waals surface area contributed by atoms with Gasteiger partial charge in [-0.1, -0.05) is 76.1 Å². The maximum absolute atomic E-state index is 12.3. The van der Waals surface area contributed by atoms with Gasteiger partial charge < -0.3 is 0 Å². The van der Waals surface area contributed by atoms with E-state index in [4.69, 9.17) is 11.6 Å². The van der Waals surface area contributed by atoms with E-state index < -0.39 is 4.83 Å². The average Bonchev–Trinajstić information content (AvgIpc) is 2.46. The number of hydrogen-bond donors (Lipinski definition) is 0. The minimum atomic E-state index is -0.431. The highest BCUT2D eigenvalue weighted by Gasteiger charge is 2.26. The van der Waals surface area contributed by atoms with Crippen molar-refractivity contribution < 1.29 is 4.79 Å². The predicted octanol–water partition coefficient (Wildman–Crippen LogP) is 4.92. The Labute approximate surface area is 126 Å². The number of hydrogen-bond acceptors (Lipinski definition) is 1. The topological polar surface area (TPSA) is 17.1 Å². The lowest BCUT2D eigenvalue weighted by atomic mass is 10.0. The van der Waals surface area contributed by atoms with E-state index in [1.54, 1.807) is 12.1 Å². The molecule has 0 amide bonds. The monoisotopic (exact) mass is 336 g/mol. The van der Waals surface area contributed by atoms with Crippen molar-refractivity contribution >= 4 is 33.3 Å². The van der Waals surface area contributed by atoms with E-state index in [0.717, 1.165) is 5.56 Å². The quantitative estimate of drug-likeness (QED) is 0.571. The summed E-state index contributed by atoms with van der Waals surface area (Å²) in [5.41, 5.74) is 2.79. The highest BCUT2D eigenvalue weighted by Crippen LogP contribution is 2.31. The SMILES string of the molecule is Cc1ccc([C@H](Cl)[C@@H](Br)C(=O)c2ccccc2)cc1. The van der Waals surface area contributed by atoms with Crippen molar-refractivity contribution in [3.8, 4) is 0 Å². The van der Waals surface area contributed by atoms with Gasteiger partial charge in [0.05, 0.1) is 10.2 Å². The zero-order chi connectivity index (χ0) is 13.8. The summed E-state index contributed by atoms with van der Waals surface area (Å²) in [5, 5.41) is -0.381. The highest BCUT2D eigenvalue weighted by molar-refractivity contribution is 9.10. The first-order chi connectivity index (χ1) is 9.09. The summed E-state index contributed by atoms with van der Waals surface area (Å²) in [7, 11) is 0. The number of Topliss-reactive ketones (excluding diaryl/α,β-unsaturated/α-hetero) is 1. The summed E-state index contributed by atoms with van der Waals surface area (Å²) >= 11 is 9.81. The Hall–Kier alpha value is -1.12. The number of ketones is 1. The van der Waals surface area contributed by atoms with Gasteiger partial charge in [0.25, 0.3) is 0 Å². The molecule has 0 aliphatic heterocycles. The molecule has 0 fully saturated rings. The predicted molar refractivity (Wildman–Crippen MR) is 83.3 cm³/mol. The molecule has 0 saturated heterocycles. The van der Waals surface area contributed by atoms with Gasteiger partial charge in [0.15, 0.2) is 5.78 Å². The van der Waals surface area contributed by atoms with Crippen molar-refractivity contribution in [3.05, 3.63) is 71.3 Å². The molecule has 2 aromatic rings. The van der Waals surface area contributed by atoms with Gasteiger partial charge in [0.2, 0.25) is 0 Å². The lowest BCUT2D eigenvalue weighted by molar-refractivity contribution is 0.0990. The molecule has 98 valence electrons. The third kappa shape index (κ3) is 3.46. The van der Waals surface area contributed by atoms with Crippen LogP contribution in [0, 0.1) is 6.92 Å². The largest absolute Gasteiger partial charge is 0.293 e. The molecule has 3 heteroatoms. The van der Waals surface area contributed by atoms with Crippen molar-refractivity contribution in [1.82, 2.24) is 0 Å². The molecule has 0 radical (unpaired) electrons. The second kappa shape index (κ2) is 6.36. The van der Waals surface area contributed by atoms with Crippen LogP contribution >= 0.6 is 27.5 Å². The van der Waals surface area contributed by atoms with Gasteiger partial charge in [-0.15, -0.1) is 11.6 Å². The van der Waals surface area contributed by atoms with Crippen LogP contribution in [0.4, 0.5) is 0 Å². The molecule has 1 nitrogen and oxygen atoms in total. The van der Waals surface area contributed by atoms with Gasteiger partial charge in [-0.05, 0) is 12.5 Å². The van der Waals surface area contributed by atoms with Gasteiger partial charge in [-0.25, -0.2) is 0 Å². The van der Waals surface area contributed by atoms with Crippen LogP contribution in [0.5, 0.6) is 0 Å². The Balaban J connectivity index is 2.17. The number of alkyl halides is 2. The van der Waals surface area contributed by atoms with E-state index in [-0.39, 0.29) is 11.2 Å². The normalized spacial score (nSPS) is 13.8. The van der Waals surface area contributed by atoms with E-state index in [2.05, 4.69) is 15.9 Å². The molecule has 0 unspecified atom stereocenters. The molecule has 0 heterocycles. The van der Waals surface area contributed by atoms with E-state index in [1.807, 2.05) is 49.4 Å². The van der Waals surface area contributed by atoms with Gasteiger partial charge in [0, 0.05) is 5.56 Å². The van der Waals surface area contributed by atoms with Crippen molar-refractivity contribution in [2.24, 2.45) is 0 Å². The Bertz CT molecular complexity index is 551. The van der Waals surface area contributed by atoms with E-state index in [9.17, 15) is 4.79 Å². The third-order valence-electron chi connectivity index (χ3n) is 2.96. The molecule has 0 spiro atoms. The van der Waals surface area contributed by atoms with E-state index in [0.29, 0.717) is 5.56 Å². The van der Waals surface area contributed by atoms with Crippen molar-refractivity contribution in [1.29, 1.82) is 0 Å². The second-order valence-electron chi connectivity index (χ2n) is 4.44. The number of benzene rings is 2. The number of halogens is 2. The minimum absolute atomic E-state index is 0.00109. The first-order valence-electron chi connectivity index (χ1n) is 6.03.